The molecule has 1 amide bonds. The normalized spacial score (nSPS) is 10.5. The fraction of sp³-hybridized carbons (Fsp3) is 0.318. The Kier molecular flexibility index (Phi) is 7.26. The van der Waals surface area contributed by atoms with E-state index < -0.39 is 0 Å². The van der Waals surface area contributed by atoms with E-state index >= 15 is 0 Å². The molecule has 158 valence electrons. The van der Waals surface area contributed by atoms with E-state index in [1.807, 2.05) is 49.4 Å². The summed E-state index contributed by atoms with van der Waals surface area (Å²) in [6.07, 6.45) is 2.46. The van der Waals surface area contributed by atoms with Crippen molar-refractivity contribution >= 4 is 11.6 Å². The number of rotatable bonds is 10. The summed E-state index contributed by atoms with van der Waals surface area (Å²) in [5.41, 5.74) is 3.76. The maximum Gasteiger partial charge on any atom is 0.241 e. The maximum atomic E-state index is 12.3. The molecule has 3 aromatic rings. The van der Waals surface area contributed by atoms with Gasteiger partial charge in [0.15, 0.2) is 11.5 Å². The highest BCUT2D eigenvalue weighted by atomic mass is 16.5. The Labute approximate surface area is 176 Å². The van der Waals surface area contributed by atoms with Crippen LogP contribution in [-0.4, -0.2) is 48.2 Å². The number of nitrogens with zero attached hydrogens (tertiary/aromatic N) is 3. The number of nitrogens with one attached hydrogen (secondary N) is 2. The van der Waals surface area contributed by atoms with Crippen molar-refractivity contribution in [1.82, 2.24) is 20.3 Å². The number of benzene rings is 2. The minimum Gasteiger partial charge on any atom is -0.493 e. The highest BCUT2D eigenvalue weighted by Gasteiger charge is 2.09. The van der Waals surface area contributed by atoms with Crippen LogP contribution in [0.15, 0.2) is 48.7 Å². The molecule has 0 radical (unpaired) electrons. The van der Waals surface area contributed by atoms with Crippen molar-refractivity contribution in [2.75, 3.05) is 32.6 Å². The van der Waals surface area contributed by atoms with Crippen molar-refractivity contribution in [3.63, 3.8) is 0 Å². The Morgan fingerprint density at radius 2 is 1.93 bits per heavy atom. The van der Waals surface area contributed by atoms with E-state index in [0.29, 0.717) is 24.5 Å². The van der Waals surface area contributed by atoms with Crippen LogP contribution in [0.4, 0.5) is 5.69 Å². The van der Waals surface area contributed by atoms with Gasteiger partial charge in [0.05, 0.1) is 20.4 Å². The van der Waals surface area contributed by atoms with Crippen molar-refractivity contribution in [2.24, 2.45) is 0 Å². The molecular weight excluding hydrogens is 382 g/mol. The summed E-state index contributed by atoms with van der Waals surface area (Å²) in [5.74, 6) is 1.24. The third-order valence-electron chi connectivity index (χ3n) is 4.57. The molecule has 0 saturated heterocycles. The Bertz CT molecular complexity index is 986. The first-order chi connectivity index (χ1) is 14.6. The first kappa shape index (κ1) is 21.2. The number of methoxy groups -OCH3 is 2. The number of carbonyl (C=O) groups is 1. The molecule has 0 aliphatic heterocycles. The van der Waals surface area contributed by atoms with Crippen LogP contribution in [0, 0.1) is 0 Å². The topological polar surface area (TPSA) is 90.3 Å². The first-order valence-corrected chi connectivity index (χ1v) is 9.85. The molecule has 30 heavy (non-hydrogen) atoms. The van der Waals surface area contributed by atoms with Crippen LogP contribution in [0.5, 0.6) is 11.5 Å². The summed E-state index contributed by atoms with van der Waals surface area (Å²) >= 11 is 0. The zero-order valence-corrected chi connectivity index (χ0v) is 17.5. The predicted molar refractivity (Wildman–Crippen MR) is 116 cm³/mol. The number of carbonyl (C=O) groups excluding carboxylic acids is 1. The lowest BCUT2D eigenvalue weighted by molar-refractivity contribution is -0.121. The van der Waals surface area contributed by atoms with Crippen molar-refractivity contribution < 1.29 is 14.3 Å². The molecule has 2 aromatic carbocycles. The number of aromatic nitrogens is 3. The van der Waals surface area contributed by atoms with Gasteiger partial charge in [-0.2, -0.15) is 0 Å². The maximum absolute atomic E-state index is 12.3. The fourth-order valence-electron chi connectivity index (χ4n) is 3.09. The SMILES string of the molecule is CCNc1cccc(-c2cn(CC(=O)NCCc3ccc(OC)c(OC)c3)nn2)c1. The van der Waals surface area contributed by atoms with Crippen LogP contribution in [0.1, 0.15) is 12.5 Å². The van der Waals surface area contributed by atoms with E-state index in [1.54, 1.807) is 25.1 Å². The summed E-state index contributed by atoms with van der Waals surface area (Å²) in [5, 5.41) is 14.4. The van der Waals surface area contributed by atoms with Gasteiger partial charge in [0.1, 0.15) is 12.2 Å². The minimum absolute atomic E-state index is 0.117. The number of anilines is 1. The van der Waals surface area contributed by atoms with E-state index in [-0.39, 0.29) is 12.5 Å². The molecule has 0 aliphatic carbocycles. The Hall–Kier alpha value is -3.55. The standard InChI is InChI=1S/C22H27N5O3/c1-4-23-18-7-5-6-17(13-18)19-14-27(26-25-19)15-22(28)24-11-10-16-8-9-20(29-2)21(12-16)30-3/h5-9,12-14,23H,4,10-11,15H2,1-3H3,(H,24,28). The molecule has 0 saturated carbocycles. The van der Waals surface area contributed by atoms with Crippen molar-refractivity contribution in [1.29, 1.82) is 0 Å². The monoisotopic (exact) mass is 409 g/mol. The van der Waals surface area contributed by atoms with Crippen LogP contribution in [0.2, 0.25) is 0 Å². The lowest BCUT2D eigenvalue weighted by atomic mass is 10.1. The highest BCUT2D eigenvalue weighted by Crippen LogP contribution is 2.27. The van der Waals surface area contributed by atoms with Gasteiger partial charge in [0.2, 0.25) is 5.91 Å². The van der Waals surface area contributed by atoms with Crippen LogP contribution in [-0.2, 0) is 17.8 Å². The van der Waals surface area contributed by atoms with Gasteiger partial charge in [-0.25, -0.2) is 4.68 Å². The first-order valence-electron chi connectivity index (χ1n) is 9.85. The van der Waals surface area contributed by atoms with Crippen LogP contribution in [0.3, 0.4) is 0 Å². The molecule has 8 heteroatoms. The average Bonchev–Trinajstić information content (AvgIpc) is 3.22. The van der Waals surface area contributed by atoms with Gasteiger partial charge < -0.3 is 20.1 Å². The summed E-state index contributed by atoms with van der Waals surface area (Å²) in [6, 6.07) is 13.7. The van der Waals surface area contributed by atoms with Crippen LogP contribution >= 0.6 is 0 Å². The molecule has 8 nitrogen and oxygen atoms in total. The van der Waals surface area contributed by atoms with Crippen molar-refractivity contribution in [3.8, 4) is 22.8 Å². The quantitative estimate of drug-likeness (QED) is 0.535. The van der Waals surface area contributed by atoms with E-state index in [0.717, 1.165) is 29.1 Å². The summed E-state index contributed by atoms with van der Waals surface area (Å²) in [6.45, 7) is 3.53. The molecule has 0 aliphatic rings. The summed E-state index contributed by atoms with van der Waals surface area (Å²) in [4.78, 5) is 12.3. The summed E-state index contributed by atoms with van der Waals surface area (Å²) < 4.78 is 12.1. The second kappa shape index (κ2) is 10.3. The fourth-order valence-corrected chi connectivity index (χ4v) is 3.09. The van der Waals surface area contributed by atoms with E-state index in [4.69, 9.17) is 9.47 Å². The van der Waals surface area contributed by atoms with E-state index in [2.05, 4.69) is 20.9 Å². The number of hydrogen-bond donors (Lipinski definition) is 2. The Balaban J connectivity index is 1.52. The van der Waals surface area contributed by atoms with Gasteiger partial charge in [0, 0.05) is 24.3 Å². The molecule has 0 unspecified atom stereocenters. The number of ether oxygens (including phenoxy) is 2. The minimum atomic E-state index is -0.117. The zero-order valence-electron chi connectivity index (χ0n) is 17.5. The Morgan fingerprint density at radius 3 is 2.70 bits per heavy atom. The average molecular weight is 409 g/mol. The van der Waals surface area contributed by atoms with E-state index in [9.17, 15) is 4.79 Å². The van der Waals surface area contributed by atoms with Gasteiger partial charge in [0.25, 0.3) is 0 Å². The predicted octanol–water partition coefficient (Wildman–Crippen LogP) is 2.75. The van der Waals surface area contributed by atoms with Gasteiger partial charge in [-0.1, -0.05) is 23.4 Å². The van der Waals surface area contributed by atoms with Crippen LogP contribution in [0.25, 0.3) is 11.3 Å². The van der Waals surface area contributed by atoms with E-state index in [1.165, 1.54) is 0 Å². The molecule has 0 atom stereocenters. The lowest BCUT2D eigenvalue weighted by Crippen LogP contribution is -2.29. The largest absolute Gasteiger partial charge is 0.493 e. The molecule has 3 rings (SSSR count). The molecule has 0 bridgehead atoms. The van der Waals surface area contributed by atoms with Crippen LogP contribution < -0.4 is 20.1 Å². The molecular formula is C22H27N5O3. The molecule has 0 fully saturated rings. The second-order valence-electron chi connectivity index (χ2n) is 6.70. The third-order valence-corrected chi connectivity index (χ3v) is 4.57. The summed E-state index contributed by atoms with van der Waals surface area (Å²) in [7, 11) is 3.21. The number of amides is 1. The third kappa shape index (κ3) is 5.50. The molecule has 2 N–H and O–H groups in total. The van der Waals surface area contributed by atoms with Gasteiger partial charge in [-0.05, 0) is 43.2 Å². The molecule has 0 spiro atoms. The Morgan fingerprint density at radius 1 is 1.10 bits per heavy atom. The van der Waals surface area contributed by atoms with Gasteiger partial charge >= 0.3 is 0 Å². The highest BCUT2D eigenvalue weighted by molar-refractivity contribution is 5.75. The smallest absolute Gasteiger partial charge is 0.241 e. The zero-order chi connectivity index (χ0) is 21.3. The second-order valence-corrected chi connectivity index (χ2v) is 6.70. The molecule has 1 heterocycles. The van der Waals surface area contributed by atoms with Gasteiger partial charge in [-0.15, -0.1) is 5.10 Å². The van der Waals surface area contributed by atoms with Gasteiger partial charge in [-0.3, -0.25) is 4.79 Å². The van der Waals surface area contributed by atoms with Crippen molar-refractivity contribution in [3.05, 3.63) is 54.2 Å². The number of hydrogen-bond acceptors (Lipinski definition) is 6. The molecule has 1 aromatic heterocycles. The van der Waals surface area contributed by atoms with Crippen molar-refractivity contribution in [2.45, 2.75) is 19.9 Å². The lowest BCUT2D eigenvalue weighted by Gasteiger charge is -2.10.